The smallest absolute Gasteiger partial charge is 0.410 e. The number of nitrogens with one attached hydrogen (secondary N) is 1. The van der Waals surface area contributed by atoms with Crippen molar-refractivity contribution in [1.82, 2.24) is 10.2 Å². The number of likely N-dealkylation sites (tertiary alicyclic amines) is 1. The first-order valence-corrected chi connectivity index (χ1v) is 7.94. The van der Waals surface area contributed by atoms with Crippen LogP contribution in [0.25, 0.3) is 0 Å². The normalized spacial score (nSPS) is 26.5. The highest BCUT2D eigenvalue weighted by atomic mass is 16.6. The summed E-state index contributed by atoms with van der Waals surface area (Å²) in [5.74, 6) is 0. The third-order valence-electron chi connectivity index (χ3n) is 3.94. The number of hydrogen-bond acceptors (Lipinski definition) is 5. The van der Waals surface area contributed by atoms with E-state index in [9.17, 15) is 4.79 Å². The number of carbonyl (C=O) groups excluding carboxylic acids is 1. The van der Waals surface area contributed by atoms with Crippen LogP contribution in [0.1, 0.15) is 52.9 Å². The number of carbonyl (C=O) groups is 1. The second-order valence-corrected chi connectivity index (χ2v) is 7.12. The second kappa shape index (κ2) is 6.50. The van der Waals surface area contributed by atoms with Crippen molar-refractivity contribution in [3.63, 3.8) is 0 Å². The van der Waals surface area contributed by atoms with Crippen molar-refractivity contribution in [3.8, 4) is 0 Å². The molecule has 2 aliphatic rings. The zero-order valence-corrected chi connectivity index (χ0v) is 13.5. The molecule has 2 rings (SSSR count). The van der Waals surface area contributed by atoms with Gasteiger partial charge in [-0.2, -0.15) is 0 Å². The lowest BCUT2D eigenvalue weighted by Gasteiger charge is -2.42. The van der Waals surface area contributed by atoms with Crippen LogP contribution in [0.5, 0.6) is 0 Å². The fraction of sp³-hybridized carbons (Fsp3) is 0.933. The van der Waals surface area contributed by atoms with Crippen LogP contribution in [0.15, 0.2) is 0 Å². The molecule has 3 N–H and O–H groups in total. The molecule has 6 nitrogen and oxygen atoms in total. The molecule has 0 radical (unpaired) electrons. The first-order chi connectivity index (χ1) is 9.77. The topological polar surface area (TPSA) is 76.8 Å². The Labute approximate surface area is 127 Å². The van der Waals surface area contributed by atoms with Crippen molar-refractivity contribution in [2.24, 2.45) is 5.73 Å². The van der Waals surface area contributed by atoms with Crippen molar-refractivity contribution in [2.45, 2.75) is 70.4 Å². The van der Waals surface area contributed by atoms with Gasteiger partial charge in [0.25, 0.3) is 0 Å². The molecule has 0 aromatic carbocycles. The number of piperidine rings is 1. The fourth-order valence-electron chi connectivity index (χ4n) is 2.73. The molecular weight excluding hydrogens is 270 g/mol. The molecule has 2 saturated heterocycles. The highest BCUT2D eigenvalue weighted by Gasteiger charge is 2.35. The Bertz CT molecular complexity index is 354. The summed E-state index contributed by atoms with van der Waals surface area (Å²) in [5, 5.41) is 3.42. The van der Waals surface area contributed by atoms with E-state index in [-0.39, 0.29) is 12.3 Å². The minimum Gasteiger partial charge on any atom is -0.444 e. The van der Waals surface area contributed by atoms with Crippen LogP contribution >= 0.6 is 0 Å². The van der Waals surface area contributed by atoms with Crippen LogP contribution in [0.4, 0.5) is 4.79 Å². The van der Waals surface area contributed by atoms with Gasteiger partial charge in [0.1, 0.15) is 11.8 Å². The Morgan fingerprint density at radius 1 is 1.33 bits per heavy atom. The molecule has 0 aromatic heterocycles. The fourth-order valence-corrected chi connectivity index (χ4v) is 2.73. The monoisotopic (exact) mass is 299 g/mol. The van der Waals surface area contributed by atoms with E-state index in [1.807, 2.05) is 20.8 Å². The van der Waals surface area contributed by atoms with Gasteiger partial charge in [-0.3, -0.25) is 5.32 Å². The third-order valence-corrected chi connectivity index (χ3v) is 3.94. The van der Waals surface area contributed by atoms with Crippen LogP contribution < -0.4 is 11.1 Å². The first kappa shape index (κ1) is 16.5. The predicted molar refractivity (Wildman–Crippen MR) is 80.7 cm³/mol. The number of rotatable bonds is 2. The van der Waals surface area contributed by atoms with Gasteiger partial charge in [0.15, 0.2) is 0 Å². The number of ether oxygens (including phenoxy) is 2. The Kier molecular flexibility index (Phi) is 5.11. The van der Waals surface area contributed by atoms with Gasteiger partial charge in [-0.05, 0) is 52.9 Å². The van der Waals surface area contributed by atoms with Crippen molar-refractivity contribution >= 4 is 6.09 Å². The minimum absolute atomic E-state index is 0.0526. The molecular formula is C15H29N3O3. The highest BCUT2D eigenvalue weighted by Crippen LogP contribution is 2.22. The average molecular weight is 299 g/mol. The first-order valence-electron chi connectivity index (χ1n) is 7.94. The third kappa shape index (κ3) is 5.13. The van der Waals surface area contributed by atoms with Crippen LogP contribution in [0.2, 0.25) is 0 Å². The summed E-state index contributed by atoms with van der Waals surface area (Å²) in [6, 6.07) is 0. The van der Waals surface area contributed by atoms with Crippen molar-refractivity contribution in [3.05, 3.63) is 0 Å². The molecule has 0 aliphatic carbocycles. The summed E-state index contributed by atoms with van der Waals surface area (Å²) >= 11 is 0. The number of hydrogen-bond donors (Lipinski definition) is 2. The Hall–Kier alpha value is -0.850. The molecule has 0 saturated carbocycles. The molecule has 122 valence electrons. The SMILES string of the molecule is CC(C)(C)OC(=O)N1CCC(N)(NC2CCCCO2)CC1. The summed E-state index contributed by atoms with van der Waals surface area (Å²) in [5.41, 5.74) is 5.51. The van der Waals surface area contributed by atoms with Crippen molar-refractivity contribution < 1.29 is 14.3 Å². The van der Waals surface area contributed by atoms with E-state index in [1.54, 1.807) is 4.90 Å². The molecule has 0 spiro atoms. The molecule has 2 heterocycles. The van der Waals surface area contributed by atoms with Gasteiger partial charge in [-0.15, -0.1) is 0 Å². The molecule has 6 heteroatoms. The van der Waals surface area contributed by atoms with E-state index in [0.717, 1.165) is 19.4 Å². The van der Waals surface area contributed by atoms with Crippen LogP contribution in [0, 0.1) is 0 Å². The highest BCUT2D eigenvalue weighted by molar-refractivity contribution is 5.68. The van der Waals surface area contributed by atoms with Crippen LogP contribution in [-0.4, -0.2) is 48.2 Å². The molecule has 2 aliphatic heterocycles. The second-order valence-electron chi connectivity index (χ2n) is 7.12. The Morgan fingerprint density at radius 3 is 2.52 bits per heavy atom. The summed E-state index contributed by atoms with van der Waals surface area (Å²) in [7, 11) is 0. The number of nitrogens with zero attached hydrogens (tertiary/aromatic N) is 1. The van der Waals surface area contributed by atoms with E-state index in [4.69, 9.17) is 15.2 Å². The Morgan fingerprint density at radius 2 is 2.00 bits per heavy atom. The molecule has 1 unspecified atom stereocenters. The largest absolute Gasteiger partial charge is 0.444 e. The summed E-state index contributed by atoms with van der Waals surface area (Å²) in [6.07, 6.45) is 4.54. The standard InChI is InChI=1S/C15H29N3O3/c1-14(2,3)21-13(19)18-9-7-15(16,8-10-18)17-12-6-4-5-11-20-12/h12,17H,4-11,16H2,1-3H3. The predicted octanol–water partition coefficient (Wildman–Crippen LogP) is 1.79. The van der Waals surface area contributed by atoms with Gasteiger partial charge in [-0.25, -0.2) is 4.79 Å². The lowest BCUT2D eigenvalue weighted by atomic mass is 9.97. The number of nitrogens with two attached hydrogens (primary N) is 1. The van der Waals surface area contributed by atoms with Crippen LogP contribution in [-0.2, 0) is 9.47 Å². The van der Waals surface area contributed by atoms with E-state index >= 15 is 0 Å². The lowest BCUT2D eigenvalue weighted by Crippen LogP contribution is -2.63. The van der Waals surface area contributed by atoms with Gasteiger partial charge in [0.2, 0.25) is 0 Å². The maximum Gasteiger partial charge on any atom is 0.410 e. The van der Waals surface area contributed by atoms with E-state index in [1.165, 1.54) is 6.42 Å². The summed E-state index contributed by atoms with van der Waals surface area (Å²) < 4.78 is 11.1. The summed E-state index contributed by atoms with van der Waals surface area (Å²) in [4.78, 5) is 13.8. The van der Waals surface area contributed by atoms with E-state index < -0.39 is 11.3 Å². The van der Waals surface area contributed by atoms with Crippen molar-refractivity contribution in [1.29, 1.82) is 0 Å². The zero-order chi connectivity index (χ0) is 15.5. The van der Waals surface area contributed by atoms with Gasteiger partial charge < -0.3 is 20.1 Å². The summed E-state index contributed by atoms with van der Waals surface area (Å²) in [6.45, 7) is 7.67. The molecule has 1 amide bonds. The van der Waals surface area contributed by atoms with Crippen LogP contribution in [0.3, 0.4) is 0 Å². The maximum absolute atomic E-state index is 12.0. The molecule has 0 bridgehead atoms. The quantitative estimate of drug-likeness (QED) is 0.760. The van der Waals surface area contributed by atoms with E-state index in [0.29, 0.717) is 25.9 Å². The van der Waals surface area contributed by atoms with E-state index in [2.05, 4.69) is 5.32 Å². The van der Waals surface area contributed by atoms with Crippen molar-refractivity contribution in [2.75, 3.05) is 19.7 Å². The van der Waals surface area contributed by atoms with Gasteiger partial charge >= 0.3 is 6.09 Å². The molecule has 0 aromatic rings. The Balaban J connectivity index is 1.80. The maximum atomic E-state index is 12.0. The van der Waals surface area contributed by atoms with Gasteiger partial charge in [0, 0.05) is 19.7 Å². The van der Waals surface area contributed by atoms with Gasteiger partial charge in [0.05, 0.1) is 5.66 Å². The minimum atomic E-state index is -0.456. The lowest BCUT2D eigenvalue weighted by molar-refractivity contribution is -0.0369. The molecule has 1 atom stereocenters. The average Bonchev–Trinajstić information content (AvgIpc) is 2.38. The zero-order valence-electron chi connectivity index (χ0n) is 13.5. The molecule has 2 fully saturated rings. The molecule has 21 heavy (non-hydrogen) atoms. The van der Waals surface area contributed by atoms with Gasteiger partial charge in [-0.1, -0.05) is 0 Å². The number of amides is 1.